The number of nitrogens with one attached hydrogen (secondary N) is 4. The smallest absolute Gasteiger partial charge is 0.326 e. The van der Waals surface area contributed by atoms with Crippen LogP contribution in [-0.2, 0) is 33.8 Å². The zero-order valence-corrected chi connectivity index (χ0v) is 20.1. The summed E-state index contributed by atoms with van der Waals surface area (Å²) in [5, 5.41) is 19.5. The second kappa shape index (κ2) is 11.8. The van der Waals surface area contributed by atoms with Crippen LogP contribution in [-0.4, -0.2) is 52.5 Å². The Morgan fingerprint density at radius 3 is 2.53 bits per heavy atom. The number of fused-ring (bicyclic) bond motifs is 2. The third-order valence-corrected chi connectivity index (χ3v) is 6.69. The number of carboxylic acid groups (broad SMARTS) is 1. The molecule has 0 radical (unpaired) electrons. The summed E-state index contributed by atoms with van der Waals surface area (Å²) in [6.07, 6.45) is 4.12. The molecule has 0 fully saturated rings. The molecule has 9 nitrogen and oxygen atoms in total. The van der Waals surface area contributed by atoms with Crippen molar-refractivity contribution in [3.63, 3.8) is 0 Å². The molecule has 1 aliphatic rings. The Hall–Kier alpha value is -3.69. The zero-order chi connectivity index (χ0) is 25.5. The summed E-state index contributed by atoms with van der Waals surface area (Å²) in [5.74, 6) is -1.92. The van der Waals surface area contributed by atoms with Crippen molar-refractivity contribution in [2.24, 2.45) is 5.73 Å². The van der Waals surface area contributed by atoms with Crippen molar-refractivity contribution in [1.29, 1.82) is 0 Å². The number of benzene rings is 2. The summed E-state index contributed by atoms with van der Waals surface area (Å²) in [6.45, 7) is 1.05. The molecule has 190 valence electrons. The van der Waals surface area contributed by atoms with Crippen molar-refractivity contribution in [2.45, 2.75) is 56.8 Å². The Labute approximate surface area is 209 Å². The minimum Gasteiger partial charge on any atom is -0.480 e. The van der Waals surface area contributed by atoms with Crippen molar-refractivity contribution >= 4 is 28.7 Å². The number of H-pyrrole nitrogens is 1. The maximum Gasteiger partial charge on any atom is 0.326 e. The van der Waals surface area contributed by atoms with Gasteiger partial charge in [-0.1, -0.05) is 42.5 Å². The van der Waals surface area contributed by atoms with E-state index in [2.05, 4.69) is 20.9 Å². The highest BCUT2D eigenvalue weighted by molar-refractivity contribution is 5.92. The molecular weight excluding hydrogens is 458 g/mol. The van der Waals surface area contributed by atoms with Crippen LogP contribution in [0.2, 0.25) is 0 Å². The van der Waals surface area contributed by atoms with E-state index in [1.807, 2.05) is 48.5 Å². The number of aromatic nitrogens is 1. The molecular formula is C27H33N5O4. The Kier molecular flexibility index (Phi) is 8.35. The number of carboxylic acids is 1. The standard InChI is InChI=1S/C27H33N5O4/c28-12-6-5-11-22(31-26(34)23-13-17-7-1-2-8-18(17)15-30-23)25(33)32-24(27(35)36)14-19-16-29-21-10-4-3-9-20(19)21/h1-4,7-10,16,22-24,29-30H,5-6,11-15,28H2,(H,31,34)(H,32,33)(H,35,36)/t22-,23?,24-/m0/s1. The van der Waals surface area contributed by atoms with Gasteiger partial charge in [0.25, 0.3) is 0 Å². The van der Waals surface area contributed by atoms with E-state index < -0.39 is 30.0 Å². The number of hydrogen-bond acceptors (Lipinski definition) is 5. The monoisotopic (exact) mass is 491 g/mol. The van der Waals surface area contributed by atoms with Gasteiger partial charge >= 0.3 is 5.97 Å². The number of amides is 2. The second-order valence-electron chi connectivity index (χ2n) is 9.21. The molecule has 4 rings (SSSR count). The molecule has 2 amide bonds. The average molecular weight is 492 g/mol. The summed E-state index contributed by atoms with van der Waals surface area (Å²) in [7, 11) is 0. The number of aromatic amines is 1. The molecule has 0 saturated carbocycles. The summed E-state index contributed by atoms with van der Waals surface area (Å²) in [4.78, 5) is 41.5. The lowest BCUT2D eigenvalue weighted by molar-refractivity contribution is -0.142. The fraction of sp³-hybridized carbons (Fsp3) is 0.370. The molecule has 0 aliphatic carbocycles. The van der Waals surface area contributed by atoms with Gasteiger partial charge in [0.05, 0.1) is 6.04 Å². The largest absolute Gasteiger partial charge is 0.480 e. The molecule has 0 bridgehead atoms. The van der Waals surface area contributed by atoms with Crippen LogP contribution in [0.5, 0.6) is 0 Å². The van der Waals surface area contributed by atoms with Crippen LogP contribution in [0, 0.1) is 0 Å². The van der Waals surface area contributed by atoms with Crippen molar-refractivity contribution in [3.8, 4) is 0 Å². The topological polar surface area (TPSA) is 149 Å². The van der Waals surface area contributed by atoms with E-state index in [0.29, 0.717) is 38.8 Å². The lowest BCUT2D eigenvalue weighted by atomic mass is 9.95. The number of carbonyl (C=O) groups is 3. The molecule has 2 heterocycles. The highest BCUT2D eigenvalue weighted by atomic mass is 16.4. The molecule has 7 N–H and O–H groups in total. The highest BCUT2D eigenvalue weighted by Gasteiger charge is 2.30. The van der Waals surface area contributed by atoms with E-state index in [1.54, 1.807) is 6.20 Å². The summed E-state index contributed by atoms with van der Waals surface area (Å²) >= 11 is 0. The normalized spacial score (nSPS) is 16.6. The lowest BCUT2D eigenvalue weighted by Gasteiger charge is -2.28. The molecule has 1 unspecified atom stereocenters. The highest BCUT2D eigenvalue weighted by Crippen LogP contribution is 2.20. The third kappa shape index (κ3) is 6.10. The first-order valence-electron chi connectivity index (χ1n) is 12.3. The lowest BCUT2D eigenvalue weighted by Crippen LogP contribution is -2.56. The Morgan fingerprint density at radius 1 is 1.00 bits per heavy atom. The van der Waals surface area contributed by atoms with Gasteiger partial charge in [0.15, 0.2) is 0 Å². The van der Waals surface area contributed by atoms with Crippen LogP contribution >= 0.6 is 0 Å². The van der Waals surface area contributed by atoms with E-state index in [9.17, 15) is 19.5 Å². The first-order valence-corrected chi connectivity index (χ1v) is 12.3. The van der Waals surface area contributed by atoms with Crippen molar-refractivity contribution in [2.75, 3.05) is 6.54 Å². The number of para-hydroxylation sites is 1. The fourth-order valence-electron chi connectivity index (χ4n) is 4.67. The van der Waals surface area contributed by atoms with Gasteiger partial charge in [-0.15, -0.1) is 0 Å². The van der Waals surface area contributed by atoms with Crippen LogP contribution in [0.25, 0.3) is 10.9 Å². The maximum absolute atomic E-state index is 13.2. The first-order chi connectivity index (χ1) is 17.5. The van der Waals surface area contributed by atoms with Gasteiger partial charge in [-0.05, 0) is 55.0 Å². The molecule has 3 atom stereocenters. The molecule has 1 aromatic heterocycles. The van der Waals surface area contributed by atoms with Gasteiger partial charge in [0.2, 0.25) is 11.8 Å². The molecule has 0 spiro atoms. The van der Waals surface area contributed by atoms with Crippen LogP contribution in [0.3, 0.4) is 0 Å². The molecule has 0 saturated heterocycles. The number of unbranched alkanes of at least 4 members (excludes halogenated alkanes) is 1. The molecule has 9 heteroatoms. The predicted molar refractivity (Wildman–Crippen MR) is 137 cm³/mol. The molecule has 3 aromatic rings. The SMILES string of the molecule is NCCCC[C@H](NC(=O)C1Cc2ccccc2CN1)C(=O)N[C@@H](Cc1c[nH]c2ccccc12)C(=O)O. The van der Waals surface area contributed by atoms with E-state index in [4.69, 9.17) is 5.73 Å². The quantitative estimate of drug-likeness (QED) is 0.224. The number of hydrogen-bond donors (Lipinski definition) is 6. The van der Waals surface area contributed by atoms with E-state index >= 15 is 0 Å². The molecule has 2 aromatic carbocycles. The van der Waals surface area contributed by atoms with Crippen molar-refractivity contribution in [3.05, 3.63) is 71.4 Å². The van der Waals surface area contributed by atoms with E-state index in [1.165, 1.54) is 0 Å². The predicted octanol–water partition coefficient (Wildman–Crippen LogP) is 1.61. The fourth-order valence-corrected chi connectivity index (χ4v) is 4.67. The van der Waals surface area contributed by atoms with Gasteiger partial charge in [-0.2, -0.15) is 0 Å². The summed E-state index contributed by atoms with van der Waals surface area (Å²) in [5.41, 5.74) is 9.57. The van der Waals surface area contributed by atoms with Gasteiger partial charge in [0.1, 0.15) is 12.1 Å². The van der Waals surface area contributed by atoms with E-state index in [0.717, 1.165) is 27.6 Å². The number of carbonyl (C=O) groups excluding carboxylic acids is 2. The number of rotatable bonds is 11. The van der Waals surface area contributed by atoms with Crippen LogP contribution in [0.1, 0.15) is 36.0 Å². The Morgan fingerprint density at radius 2 is 1.75 bits per heavy atom. The number of nitrogens with two attached hydrogens (primary N) is 1. The zero-order valence-electron chi connectivity index (χ0n) is 20.1. The minimum absolute atomic E-state index is 0.121. The minimum atomic E-state index is -1.13. The van der Waals surface area contributed by atoms with Crippen molar-refractivity contribution in [1.82, 2.24) is 20.9 Å². The van der Waals surface area contributed by atoms with Crippen LogP contribution < -0.4 is 21.7 Å². The van der Waals surface area contributed by atoms with Gasteiger partial charge in [-0.25, -0.2) is 4.79 Å². The number of aliphatic carboxylic acids is 1. The molecule has 36 heavy (non-hydrogen) atoms. The van der Waals surface area contributed by atoms with Crippen molar-refractivity contribution < 1.29 is 19.5 Å². The second-order valence-corrected chi connectivity index (χ2v) is 9.21. The van der Waals surface area contributed by atoms with Crippen LogP contribution in [0.15, 0.2) is 54.7 Å². The molecule has 1 aliphatic heterocycles. The Balaban J connectivity index is 1.43. The maximum atomic E-state index is 13.2. The first kappa shape index (κ1) is 25.4. The van der Waals surface area contributed by atoms with E-state index in [-0.39, 0.29) is 12.3 Å². The third-order valence-electron chi connectivity index (χ3n) is 6.69. The van der Waals surface area contributed by atoms with Gasteiger partial charge in [-0.3, -0.25) is 9.59 Å². The average Bonchev–Trinajstić information content (AvgIpc) is 3.30. The summed E-state index contributed by atoms with van der Waals surface area (Å²) < 4.78 is 0. The Bertz CT molecular complexity index is 1220. The summed E-state index contributed by atoms with van der Waals surface area (Å²) in [6, 6.07) is 13.1. The van der Waals surface area contributed by atoms with Gasteiger partial charge in [0, 0.05) is 30.1 Å². The van der Waals surface area contributed by atoms with Crippen LogP contribution in [0.4, 0.5) is 0 Å². The van der Waals surface area contributed by atoms with Gasteiger partial charge < -0.3 is 31.8 Å².